The van der Waals surface area contributed by atoms with Gasteiger partial charge < -0.3 is 16.0 Å². The smallest absolute Gasteiger partial charge is 0.140 e. The van der Waals surface area contributed by atoms with Crippen molar-refractivity contribution in [2.45, 2.75) is 57.6 Å². The van der Waals surface area contributed by atoms with Crippen molar-refractivity contribution in [3.63, 3.8) is 0 Å². The van der Waals surface area contributed by atoms with Crippen molar-refractivity contribution in [2.75, 3.05) is 13.1 Å². The van der Waals surface area contributed by atoms with Crippen LogP contribution in [0.25, 0.3) is 0 Å². The highest BCUT2D eigenvalue weighted by atomic mass is 16.4. The van der Waals surface area contributed by atoms with E-state index in [1.165, 1.54) is 0 Å². The first-order valence-corrected chi connectivity index (χ1v) is 6.41. The third-order valence-corrected chi connectivity index (χ3v) is 3.66. The summed E-state index contributed by atoms with van der Waals surface area (Å²) >= 11 is 0. The molecule has 100 valence electrons. The van der Waals surface area contributed by atoms with Crippen molar-refractivity contribution in [1.29, 1.82) is 0 Å². The van der Waals surface area contributed by atoms with E-state index in [2.05, 4.69) is 17.0 Å². The molecule has 2 unspecified atom stereocenters. The zero-order valence-electron chi connectivity index (χ0n) is 10.9. The zero-order chi connectivity index (χ0) is 12.9. The molecule has 2 atom stereocenters. The van der Waals surface area contributed by atoms with Crippen LogP contribution in [0.3, 0.4) is 0 Å². The molecular formula is C12H25N3O2. The van der Waals surface area contributed by atoms with E-state index in [-0.39, 0.29) is 5.84 Å². The van der Waals surface area contributed by atoms with Gasteiger partial charge >= 0.3 is 0 Å². The van der Waals surface area contributed by atoms with E-state index in [4.69, 9.17) is 10.9 Å². The minimum absolute atomic E-state index is 0.285. The summed E-state index contributed by atoms with van der Waals surface area (Å²) in [6.45, 7) is 5.87. The van der Waals surface area contributed by atoms with Crippen LogP contribution in [0.1, 0.15) is 46.0 Å². The Kier molecular flexibility index (Phi) is 5.21. The number of aliphatic hydroxyl groups is 1. The Morgan fingerprint density at radius 1 is 1.47 bits per heavy atom. The van der Waals surface area contributed by atoms with Crippen molar-refractivity contribution >= 4 is 5.84 Å². The fourth-order valence-corrected chi connectivity index (χ4v) is 2.46. The monoisotopic (exact) mass is 243 g/mol. The SMILES string of the molecule is CCC(CC(N)=NO)N1CCCC(C)(O)CC1. The van der Waals surface area contributed by atoms with Gasteiger partial charge in [0, 0.05) is 19.0 Å². The Morgan fingerprint density at radius 3 is 2.76 bits per heavy atom. The number of hydrogen-bond donors (Lipinski definition) is 3. The maximum Gasteiger partial charge on any atom is 0.140 e. The van der Waals surface area contributed by atoms with Crippen LogP contribution in [0.4, 0.5) is 0 Å². The normalized spacial score (nSPS) is 29.9. The highest BCUT2D eigenvalue weighted by Gasteiger charge is 2.28. The predicted octanol–water partition coefficient (Wildman–Crippen LogP) is 1.14. The van der Waals surface area contributed by atoms with Gasteiger partial charge in [0.15, 0.2) is 0 Å². The van der Waals surface area contributed by atoms with Gasteiger partial charge in [-0.25, -0.2) is 0 Å². The second-order valence-electron chi connectivity index (χ2n) is 5.24. The molecule has 0 aliphatic carbocycles. The van der Waals surface area contributed by atoms with E-state index >= 15 is 0 Å². The summed E-state index contributed by atoms with van der Waals surface area (Å²) < 4.78 is 0. The van der Waals surface area contributed by atoms with E-state index in [1.54, 1.807) is 0 Å². The van der Waals surface area contributed by atoms with Crippen molar-refractivity contribution in [1.82, 2.24) is 4.90 Å². The van der Waals surface area contributed by atoms with E-state index in [1.807, 2.05) is 6.92 Å². The fourth-order valence-electron chi connectivity index (χ4n) is 2.46. The molecule has 1 saturated heterocycles. The Hall–Kier alpha value is -0.810. The van der Waals surface area contributed by atoms with Crippen LogP contribution < -0.4 is 5.73 Å². The number of nitrogens with two attached hydrogens (primary N) is 1. The summed E-state index contributed by atoms with van der Waals surface area (Å²) in [5, 5.41) is 21.7. The van der Waals surface area contributed by atoms with Crippen LogP contribution in [0.5, 0.6) is 0 Å². The number of rotatable bonds is 4. The van der Waals surface area contributed by atoms with Gasteiger partial charge in [-0.05, 0) is 39.2 Å². The molecule has 5 heteroatoms. The fraction of sp³-hybridized carbons (Fsp3) is 0.917. The van der Waals surface area contributed by atoms with Gasteiger partial charge in [-0.2, -0.15) is 0 Å². The first-order chi connectivity index (χ1) is 7.98. The molecule has 0 spiro atoms. The Balaban J connectivity index is 2.57. The molecule has 1 rings (SSSR count). The Bertz CT molecular complexity index is 266. The molecule has 1 aliphatic heterocycles. The van der Waals surface area contributed by atoms with Gasteiger partial charge in [0.25, 0.3) is 0 Å². The number of amidine groups is 1. The lowest BCUT2D eigenvalue weighted by Crippen LogP contribution is -2.39. The van der Waals surface area contributed by atoms with Gasteiger partial charge in [-0.15, -0.1) is 0 Å². The Labute approximate surface area is 103 Å². The highest BCUT2D eigenvalue weighted by molar-refractivity contribution is 5.80. The molecule has 1 heterocycles. The van der Waals surface area contributed by atoms with E-state index in [0.29, 0.717) is 12.5 Å². The molecule has 0 bridgehead atoms. The van der Waals surface area contributed by atoms with Crippen molar-refractivity contribution in [3.8, 4) is 0 Å². The number of oxime groups is 1. The highest BCUT2D eigenvalue weighted by Crippen LogP contribution is 2.23. The predicted molar refractivity (Wildman–Crippen MR) is 68.2 cm³/mol. The van der Waals surface area contributed by atoms with E-state index in [9.17, 15) is 5.11 Å². The molecular weight excluding hydrogens is 218 g/mol. The third kappa shape index (κ3) is 4.52. The molecule has 0 radical (unpaired) electrons. The van der Waals surface area contributed by atoms with E-state index < -0.39 is 5.60 Å². The van der Waals surface area contributed by atoms with Crippen molar-refractivity contribution in [2.24, 2.45) is 10.9 Å². The summed E-state index contributed by atoms with van der Waals surface area (Å²) in [4.78, 5) is 2.35. The summed E-state index contributed by atoms with van der Waals surface area (Å²) in [7, 11) is 0. The van der Waals surface area contributed by atoms with Crippen molar-refractivity contribution < 1.29 is 10.3 Å². The molecule has 0 saturated carbocycles. The summed E-state index contributed by atoms with van der Waals surface area (Å²) in [5.74, 6) is 0.285. The summed E-state index contributed by atoms with van der Waals surface area (Å²) in [5.41, 5.74) is 5.03. The van der Waals surface area contributed by atoms with Crippen LogP contribution in [0.2, 0.25) is 0 Å². The van der Waals surface area contributed by atoms with Crippen LogP contribution in [0.15, 0.2) is 5.16 Å². The lowest BCUT2D eigenvalue weighted by molar-refractivity contribution is 0.0430. The maximum atomic E-state index is 10.0. The molecule has 5 nitrogen and oxygen atoms in total. The lowest BCUT2D eigenvalue weighted by atomic mass is 9.98. The minimum atomic E-state index is -0.538. The third-order valence-electron chi connectivity index (χ3n) is 3.66. The number of nitrogens with zero attached hydrogens (tertiary/aromatic N) is 2. The Morgan fingerprint density at radius 2 is 2.18 bits per heavy atom. The molecule has 0 aromatic carbocycles. The molecule has 1 fully saturated rings. The van der Waals surface area contributed by atoms with Crippen LogP contribution in [-0.4, -0.2) is 45.8 Å². The molecule has 0 amide bonds. The van der Waals surface area contributed by atoms with Gasteiger partial charge in [0.2, 0.25) is 0 Å². The average Bonchev–Trinajstić information content (AvgIpc) is 2.47. The quantitative estimate of drug-likeness (QED) is 0.299. The average molecular weight is 243 g/mol. The van der Waals surface area contributed by atoms with Gasteiger partial charge in [0.1, 0.15) is 5.84 Å². The second-order valence-corrected chi connectivity index (χ2v) is 5.24. The van der Waals surface area contributed by atoms with Crippen LogP contribution in [-0.2, 0) is 0 Å². The molecule has 0 aromatic rings. The van der Waals surface area contributed by atoms with Crippen LogP contribution in [0, 0.1) is 0 Å². The molecule has 17 heavy (non-hydrogen) atoms. The molecule has 1 aliphatic rings. The number of likely N-dealkylation sites (tertiary alicyclic amines) is 1. The molecule has 0 aromatic heterocycles. The first-order valence-electron chi connectivity index (χ1n) is 6.41. The standard InChI is InChI=1S/C12H25N3O2/c1-3-10(9-11(13)14-17)15-7-4-5-12(2,16)6-8-15/h10,16-17H,3-9H2,1-2H3,(H2,13,14). The summed E-state index contributed by atoms with van der Waals surface area (Å²) in [6, 6.07) is 0.305. The zero-order valence-corrected chi connectivity index (χ0v) is 10.9. The van der Waals surface area contributed by atoms with Crippen LogP contribution >= 0.6 is 0 Å². The number of hydrogen-bond acceptors (Lipinski definition) is 4. The minimum Gasteiger partial charge on any atom is -0.409 e. The lowest BCUT2D eigenvalue weighted by Gasteiger charge is -2.30. The maximum absolute atomic E-state index is 10.0. The van der Waals surface area contributed by atoms with E-state index in [0.717, 1.165) is 38.8 Å². The second kappa shape index (κ2) is 6.21. The topological polar surface area (TPSA) is 82.1 Å². The van der Waals surface area contributed by atoms with Gasteiger partial charge in [0.05, 0.1) is 5.60 Å². The van der Waals surface area contributed by atoms with Gasteiger partial charge in [-0.3, -0.25) is 4.90 Å². The van der Waals surface area contributed by atoms with Crippen molar-refractivity contribution in [3.05, 3.63) is 0 Å². The first kappa shape index (κ1) is 14.3. The van der Waals surface area contributed by atoms with Gasteiger partial charge in [-0.1, -0.05) is 12.1 Å². The largest absolute Gasteiger partial charge is 0.409 e. The summed E-state index contributed by atoms with van der Waals surface area (Å²) in [6.07, 6.45) is 4.20. The molecule has 4 N–H and O–H groups in total.